The Labute approximate surface area is 68.2 Å². The van der Waals surface area contributed by atoms with Gasteiger partial charge in [0.25, 0.3) is 0 Å². The summed E-state index contributed by atoms with van der Waals surface area (Å²) in [4.78, 5) is 0. The third kappa shape index (κ3) is 0.991. The molecule has 1 aliphatic heterocycles. The Morgan fingerprint density at radius 2 is 1.82 bits per heavy atom. The number of allylic oxidation sites excluding steroid dienone is 4. The van der Waals surface area contributed by atoms with Crippen molar-refractivity contribution in [3.8, 4) is 0 Å². The highest BCUT2D eigenvalue weighted by Gasteiger charge is 2.22. The second kappa shape index (κ2) is 2.40. The van der Waals surface area contributed by atoms with Crippen LogP contribution in [0.15, 0.2) is 22.5 Å². The van der Waals surface area contributed by atoms with Crippen LogP contribution in [-0.4, -0.2) is 0 Å². The van der Waals surface area contributed by atoms with E-state index in [9.17, 15) is 0 Å². The minimum absolute atomic E-state index is 1.21. The molecule has 1 radical (unpaired) electrons. The van der Waals surface area contributed by atoms with Crippen molar-refractivity contribution >= 4 is 0 Å². The Balaban J connectivity index is 2.31. The summed E-state index contributed by atoms with van der Waals surface area (Å²) < 4.78 is 0. The van der Waals surface area contributed by atoms with Crippen LogP contribution in [0.25, 0.3) is 0 Å². The smallest absolute Gasteiger partial charge is 0.0442 e. The molecule has 1 nitrogen and oxygen atoms in total. The van der Waals surface area contributed by atoms with Gasteiger partial charge in [0, 0.05) is 11.4 Å². The lowest BCUT2D eigenvalue weighted by atomic mass is 9.94. The molecule has 59 valence electrons. The van der Waals surface area contributed by atoms with Crippen LogP contribution in [0.1, 0.15) is 39.5 Å². The lowest BCUT2D eigenvalue weighted by molar-refractivity contribution is 0.659. The molecule has 0 aromatic rings. The molecule has 0 aromatic heterocycles. The molecule has 2 aliphatic rings. The molecule has 0 saturated heterocycles. The van der Waals surface area contributed by atoms with Gasteiger partial charge in [-0.1, -0.05) is 0 Å². The van der Waals surface area contributed by atoms with Crippen LogP contribution in [0.4, 0.5) is 0 Å². The predicted molar refractivity (Wildman–Crippen MR) is 46.0 cm³/mol. The van der Waals surface area contributed by atoms with E-state index in [2.05, 4.69) is 19.2 Å². The molecule has 1 heterocycles. The van der Waals surface area contributed by atoms with Crippen LogP contribution < -0.4 is 5.32 Å². The normalized spacial score (nSPS) is 23.8. The van der Waals surface area contributed by atoms with E-state index in [4.69, 9.17) is 0 Å². The third-order valence-corrected chi connectivity index (χ3v) is 2.74. The van der Waals surface area contributed by atoms with Crippen LogP contribution in [0.5, 0.6) is 0 Å². The zero-order valence-electron chi connectivity index (χ0n) is 7.28. The molecule has 0 saturated carbocycles. The Morgan fingerprint density at radius 1 is 1.09 bits per heavy atom. The van der Waals surface area contributed by atoms with Crippen molar-refractivity contribution in [2.75, 3.05) is 0 Å². The van der Waals surface area contributed by atoms with E-state index in [-0.39, 0.29) is 0 Å². The molecular formula is C10H14N. The van der Waals surface area contributed by atoms with E-state index in [1.54, 1.807) is 5.57 Å². The maximum Gasteiger partial charge on any atom is 0.0442 e. The first-order chi connectivity index (χ1) is 5.29. The van der Waals surface area contributed by atoms with E-state index in [1.807, 2.05) is 0 Å². The highest BCUT2D eigenvalue weighted by molar-refractivity contribution is 5.43. The summed E-state index contributed by atoms with van der Waals surface area (Å²) in [5, 5.41) is 4.55. The molecule has 11 heavy (non-hydrogen) atoms. The summed E-state index contributed by atoms with van der Waals surface area (Å²) in [7, 11) is 0. The second-order valence-corrected chi connectivity index (χ2v) is 3.45. The van der Waals surface area contributed by atoms with Gasteiger partial charge in [-0.15, -0.1) is 0 Å². The first-order valence-corrected chi connectivity index (χ1v) is 4.40. The number of hydrogen-bond donors (Lipinski definition) is 0. The second-order valence-electron chi connectivity index (χ2n) is 3.45. The Bertz CT molecular complexity index is 246. The zero-order chi connectivity index (χ0) is 7.84. The van der Waals surface area contributed by atoms with Gasteiger partial charge in [0.2, 0.25) is 0 Å². The van der Waals surface area contributed by atoms with Crippen molar-refractivity contribution in [2.45, 2.75) is 39.5 Å². The van der Waals surface area contributed by atoms with Crippen LogP contribution in [0, 0.1) is 0 Å². The van der Waals surface area contributed by atoms with Gasteiger partial charge >= 0.3 is 0 Å². The van der Waals surface area contributed by atoms with Crippen molar-refractivity contribution in [3.63, 3.8) is 0 Å². The average molecular weight is 148 g/mol. The van der Waals surface area contributed by atoms with Crippen molar-refractivity contribution in [1.29, 1.82) is 0 Å². The van der Waals surface area contributed by atoms with Gasteiger partial charge in [-0.2, -0.15) is 0 Å². The van der Waals surface area contributed by atoms with Crippen molar-refractivity contribution in [3.05, 3.63) is 22.5 Å². The van der Waals surface area contributed by atoms with E-state index in [0.29, 0.717) is 0 Å². The first kappa shape index (κ1) is 6.96. The van der Waals surface area contributed by atoms with Gasteiger partial charge in [-0.05, 0) is 50.7 Å². The van der Waals surface area contributed by atoms with Gasteiger partial charge in [0.1, 0.15) is 0 Å². The Hall–Kier alpha value is -0.720. The molecule has 2 rings (SSSR count). The monoisotopic (exact) mass is 148 g/mol. The average Bonchev–Trinajstić information content (AvgIpc) is 2.30. The molecule has 0 spiro atoms. The predicted octanol–water partition coefficient (Wildman–Crippen LogP) is 2.73. The standard InChI is InChI=1S/C10H14N/c1-7-8(2)11-10-6-4-3-5-9(7)10/h3-6H2,1-2H3. The molecule has 1 aliphatic carbocycles. The fourth-order valence-corrected chi connectivity index (χ4v) is 1.92. The largest absolute Gasteiger partial charge is 0.258 e. The third-order valence-electron chi connectivity index (χ3n) is 2.74. The number of rotatable bonds is 0. The summed E-state index contributed by atoms with van der Waals surface area (Å²) in [6.07, 6.45) is 5.17. The summed E-state index contributed by atoms with van der Waals surface area (Å²) in [6.45, 7) is 4.32. The quantitative estimate of drug-likeness (QED) is 0.501. The van der Waals surface area contributed by atoms with Gasteiger partial charge < -0.3 is 0 Å². The lowest BCUT2D eigenvalue weighted by Crippen LogP contribution is -2.02. The van der Waals surface area contributed by atoms with Crippen molar-refractivity contribution in [1.82, 2.24) is 5.32 Å². The van der Waals surface area contributed by atoms with Crippen LogP contribution in [0.2, 0.25) is 0 Å². The number of hydrogen-bond acceptors (Lipinski definition) is 0. The summed E-state index contributed by atoms with van der Waals surface area (Å²) >= 11 is 0. The molecule has 0 fully saturated rings. The highest BCUT2D eigenvalue weighted by Crippen LogP contribution is 2.35. The molecule has 0 atom stereocenters. The maximum absolute atomic E-state index is 4.55. The van der Waals surface area contributed by atoms with Crippen LogP contribution in [0.3, 0.4) is 0 Å². The Morgan fingerprint density at radius 3 is 2.55 bits per heavy atom. The topological polar surface area (TPSA) is 14.1 Å². The van der Waals surface area contributed by atoms with Gasteiger partial charge in [-0.3, -0.25) is 5.32 Å². The molecular weight excluding hydrogens is 134 g/mol. The first-order valence-electron chi connectivity index (χ1n) is 4.40. The van der Waals surface area contributed by atoms with Crippen LogP contribution in [-0.2, 0) is 0 Å². The highest BCUT2D eigenvalue weighted by atomic mass is 14.9. The molecule has 0 bridgehead atoms. The molecule has 1 heteroatoms. The molecule has 0 aromatic carbocycles. The Kier molecular flexibility index (Phi) is 1.52. The van der Waals surface area contributed by atoms with Gasteiger partial charge in [0.05, 0.1) is 0 Å². The van der Waals surface area contributed by atoms with E-state index in [0.717, 1.165) is 0 Å². The SMILES string of the molecule is CC1=C(C)C2=C(CCCC2)[N]1. The minimum Gasteiger partial charge on any atom is -0.258 e. The maximum atomic E-state index is 4.55. The van der Waals surface area contributed by atoms with Gasteiger partial charge in [-0.25, -0.2) is 0 Å². The van der Waals surface area contributed by atoms with Crippen molar-refractivity contribution < 1.29 is 0 Å². The van der Waals surface area contributed by atoms with Crippen molar-refractivity contribution in [2.24, 2.45) is 0 Å². The summed E-state index contributed by atoms with van der Waals surface area (Å²) in [5.41, 5.74) is 5.62. The van der Waals surface area contributed by atoms with Crippen LogP contribution >= 0.6 is 0 Å². The van der Waals surface area contributed by atoms with E-state index < -0.39 is 0 Å². The van der Waals surface area contributed by atoms with E-state index >= 15 is 0 Å². The zero-order valence-corrected chi connectivity index (χ0v) is 7.28. The lowest BCUT2D eigenvalue weighted by Gasteiger charge is -2.12. The van der Waals surface area contributed by atoms with E-state index in [1.165, 1.54) is 42.7 Å². The minimum atomic E-state index is 1.21. The molecule has 0 N–H and O–H groups in total. The fraction of sp³-hybridized carbons (Fsp3) is 0.600. The molecule has 0 unspecified atom stereocenters. The fourth-order valence-electron chi connectivity index (χ4n) is 1.92. The summed E-state index contributed by atoms with van der Waals surface area (Å²) in [6, 6.07) is 0. The molecule has 0 amide bonds. The number of nitrogens with zero attached hydrogens (tertiary/aromatic N) is 1. The summed E-state index contributed by atoms with van der Waals surface area (Å²) in [5.74, 6) is 0. The van der Waals surface area contributed by atoms with Gasteiger partial charge in [0.15, 0.2) is 0 Å².